The fraction of sp³-hybridized carbons (Fsp3) is 0.0625. The molecule has 20 heavy (non-hydrogen) atoms. The van der Waals surface area contributed by atoms with E-state index >= 15 is 0 Å². The first-order chi connectivity index (χ1) is 9.72. The minimum absolute atomic E-state index is 0.0884. The van der Waals surface area contributed by atoms with Gasteiger partial charge in [-0.15, -0.1) is 0 Å². The SMILES string of the molecule is O=C(NCc1ccc2cc[nH]c2c1)c1cccc(O)c1. The minimum atomic E-state index is -0.201. The first kappa shape index (κ1) is 12.3. The summed E-state index contributed by atoms with van der Waals surface area (Å²) in [5, 5.41) is 13.3. The standard InChI is InChI=1S/C16H14N2O2/c19-14-3-1-2-13(9-14)16(20)18-10-11-4-5-12-6-7-17-15(12)8-11/h1-9,17,19H,10H2,(H,18,20). The van der Waals surface area contributed by atoms with Crippen LogP contribution in [0.15, 0.2) is 54.7 Å². The Morgan fingerprint density at radius 2 is 2.05 bits per heavy atom. The fourth-order valence-electron chi connectivity index (χ4n) is 2.14. The van der Waals surface area contributed by atoms with Crippen molar-refractivity contribution in [2.45, 2.75) is 6.54 Å². The number of aromatic hydroxyl groups is 1. The highest BCUT2D eigenvalue weighted by Gasteiger charge is 2.06. The van der Waals surface area contributed by atoms with Gasteiger partial charge in [0.2, 0.25) is 0 Å². The molecule has 100 valence electrons. The number of aromatic amines is 1. The number of benzene rings is 2. The van der Waals surface area contributed by atoms with E-state index in [0.717, 1.165) is 16.5 Å². The molecule has 0 aliphatic carbocycles. The van der Waals surface area contributed by atoms with Gasteiger partial charge in [0.15, 0.2) is 0 Å². The van der Waals surface area contributed by atoms with Crippen LogP contribution in [0.4, 0.5) is 0 Å². The van der Waals surface area contributed by atoms with Gasteiger partial charge in [-0.1, -0.05) is 18.2 Å². The molecule has 2 aromatic carbocycles. The fourth-order valence-corrected chi connectivity index (χ4v) is 2.14. The Labute approximate surface area is 116 Å². The number of nitrogens with one attached hydrogen (secondary N) is 2. The van der Waals surface area contributed by atoms with Crippen LogP contribution in [0.2, 0.25) is 0 Å². The number of H-pyrrole nitrogens is 1. The molecule has 4 nitrogen and oxygen atoms in total. The van der Waals surface area contributed by atoms with E-state index < -0.39 is 0 Å². The third-order valence-electron chi connectivity index (χ3n) is 3.18. The van der Waals surface area contributed by atoms with E-state index in [1.54, 1.807) is 12.1 Å². The normalized spacial score (nSPS) is 10.6. The lowest BCUT2D eigenvalue weighted by atomic mass is 10.1. The van der Waals surface area contributed by atoms with Crippen molar-refractivity contribution in [2.24, 2.45) is 0 Å². The van der Waals surface area contributed by atoms with Crippen molar-refractivity contribution >= 4 is 16.8 Å². The van der Waals surface area contributed by atoms with Crippen LogP contribution < -0.4 is 5.32 Å². The highest BCUT2D eigenvalue weighted by atomic mass is 16.3. The van der Waals surface area contributed by atoms with Gasteiger partial charge in [-0.2, -0.15) is 0 Å². The molecule has 0 aliphatic heterocycles. The summed E-state index contributed by atoms with van der Waals surface area (Å²) < 4.78 is 0. The first-order valence-corrected chi connectivity index (χ1v) is 6.35. The predicted molar refractivity (Wildman–Crippen MR) is 77.6 cm³/mol. The topological polar surface area (TPSA) is 65.1 Å². The molecule has 3 rings (SSSR count). The number of fused-ring (bicyclic) bond motifs is 1. The van der Waals surface area contributed by atoms with Gasteiger partial charge in [0.25, 0.3) is 5.91 Å². The van der Waals surface area contributed by atoms with Gasteiger partial charge in [-0.3, -0.25) is 4.79 Å². The van der Waals surface area contributed by atoms with Crippen molar-refractivity contribution in [3.8, 4) is 5.75 Å². The molecule has 4 heteroatoms. The minimum Gasteiger partial charge on any atom is -0.508 e. The number of rotatable bonds is 3. The van der Waals surface area contributed by atoms with Crippen molar-refractivity contribution in [3.63, 3.8) is 0 Å². The van der Waals surface area contributed by atoms with Gasteiger partial charge in [0.1, 0.15) is 5.75 Å². The molecule has 0 bridgehead atoms. The molecule has 3 aromatic rings. The summed E-state index contributed by atoms with van der Waals surface area (Å²) in [6, 6.07) is 14.3. The van der Waals surface area contributed by atoms with Gasteiger partial charge >= 0.3 is 0 Å². The molecule has 0 saturated heterocycles. The van der Waals surface area contributed by atoms with Crippen LogP contribution in [0, 0.1) is 0 Å². The molecular formula is C16H14N2O2. The lowest BCUT2D eigenvalue weighted by molar-refractivity contribution is 0.0950. The zero-order valence-corrected chi connectivity index (χ0v) is 10.8. The predicted octanol–water partition coefficient (Wildman–Crippen LogP) is 2.80. The number of carbonyl (C=O) groups is 1. The molecular weight excluding hydrogens is 252 g/mol. The molecule has 0 atom stereocenters. The van der Waals surface area contributed by atoms with Crippen LogP contribution in [-0.2, 0) is 6.54 Å². The molecule has 1 heterocycles. The number of carbonyl (C=O) groups excluding carboxylic acids is 1. The van der Waals surface area contributed by atoms with E-state index in [2.05, 4.69) is 10.3 Å². The van der Waals surface area contributed by atoms with Crippen molar-refractivity contribution in [3.05, 3.63) is 65.9 Å². The van der Waals surface area contributed by atoms with E-state index in [-0.39, 0.29) is 11.7 Å². The smallest absolute Gasteiger partial charge is 0.251 e. The average molecular weight is 266 g/mol. The van der Waals surface area contributed by atoms with Crippen molar-refractivity contribution in [1.82, 2.24) is 10.3 Å². The second-order valence-corrected chi connectivity index (χ2v) is 4.63. The first-order valence-electron chi connectivity index (χ1n) is 6.35. The lowest BCUT2D eigenvalue weighted by Gasteiger charge is -2.06. The van der Waals surface area contributed by atoms with Gasteiger partial charge in [-0.05, 0) is 41.3 Å². The average Bonchev–Trinajstić information content (AvgIpc) is 2.92. The third-order valence-corrected chi connectivity index (χ3v) is 3.18. The Bertz CT molecular complexity index is 762. The highest BCUT2D eigenvalue weighted by Crippen LogP contribution is 2.14. The zero-order valence-electron chi connectivity index (χ0n) is 10.8. The lowest BCUT2D eigenvalue weighted by Crippen LogP contribution is -2.22. The summed E-state index contributed by atoms with van der Waals surface area (Å²) in [6.07, 6.45) is 1.89. The number of phenolic OH excluding ortho intramolecular Hbond substituents is 1. The highest BCUT2D eigenvalue weighted by molar-refractivity contribution is 5.94. The molecule has 0 spiro atoms. The molecule has 1 amide bonds. The summed E-state index contributed by atoms with van der Waals surface area (Å²) in [5.41, 5.74) is 2.52. The summed E-state index contributed by atoms with van der Waals surface area (Å²) >= 11 is 0. The van der Waals surface area contributed by atoms with E-state index in [1.807, 2.05) is 30.5 Å². The Balaban J connectivity index is 1.71. The molecule has 0 saturated carbocycles. The molecule has 0 fully saturated rings. The molecule has 1 aromatic heterocycles. The van der Waals surface area contributed by atoms with E-state index in [1.165, 1.54) is 12.1 Å². The largest absolute Gasteiger partial charge is 0.508 e. The van der Waals surface area contributed by atoms with Crippen LogP contribution in [0.5, 0.6) is 5.75 Å². The monoisotopic (exact) mass is 266 g/mol. The zero-order chi connectivity index (χ0) is 13.9. The summed E-state index contributed by atoms with van der Waals surface area (Å²) in [4.78, 5) is 15.1. The maximum absolute atomic E-state index is 12.0. The Morgan fingerprint density at radius 3 is 2.90 bits per heavy atom. The van der Waals surface area contributed by atoms with Gasteiger partial charge in [-0.25, -0.2) is 0 Å². The molecule has 0 unspecified atom stereocenters. The van der Waals surface area contributed by atoms with Gasteiger partial charge in [0.05, 0.1) is 0 Å². The summed E-state index contributed by atoms with van der Waals surface area (Å²) in [5.74, 6) is -0.113. The number of phenols is 1. The van der Waals surface area contributed by atoms with E-state index in [9.17, 15) is 9.90 Å². The summed E-state index contributed by atoms with van der Waals surface area (Å²) in [7, 11) is 0. The van der Waals surface area contributed by atoms with E-state index in [0.29, 0.717) is 12.1 Å². The Kier molecular flexibility index (Phi) is 3.13. The Hall–Kier alpha value is -2.75. The Morgan fingerprint density at radius 1 is 1.15 bits per heavy atom. The second kappa shape index (κ2) is 5.09. The quantitative estimate of drug-likeness (QED) is 0.682. The van der Waals surface area contributed by atoms with Crippen molar-refractivity contribution < 1.29 is 9.90 Å². The summed E-state index contributed by atoms with van der Waals surface area (Å²) in [6.45, 7) is 0.448. The molecule has 0 aliphatic rings. The van der Waals surface area contributed by atoms with Gasteiger partial charge < -0.3 is 15.4 Å². The number of hydrogen-bond donors (Lipinski definition) is 3. The number of aromatic nitrogens is 1. The van der Waals surface area contributed by atoms with Crippen LogP contribution in [0.1, 0.15) is 15.9 Å². The second-order valence-electron chi connectivity index (χ2n) is 4.63. The van der Waals surface area contributed by atoms with Crippen LogP contribution in [0.3, 0.4) is 0 Å². The number of amides is 1. The molecule has 3 N–H and O–H groups in total. The van der Waals surface area contributed by atoms with Crippen molar-refractivity contribution in [2.75, 3.05) is 0 Å². The molecule has 0 radical (unpaired) electrons. The maximum atomic E-state index is 12.0. The third kappa shape index (κ3) is 2.49. The maximum Gasteiger partial charge on any atom is 0.251 e. The van der Waals surface area contributed by atoms with Gasteiger partial charge in [0, 0.05) is 23.8 Å². The van der Waals surface area contributed by atoms with Crippen molar-refractivity contribution in [1.29, 1.82) is 0 Å². The van der Waals surface area contributed by atoms with Crippen LogP contribution in [0.25, 0.3) is 10.9 Å². The van der Waals surface area contributed by atoms with Crippen LogP contribution in [-0.4, -0.2) is 16.0 Å². The number of hydrogen-bond acceptors (Lipinski definition) is 2. The van der Waals surface area contributed by atoms with Crippen LogP contribution >= 0.6 is 0 Å². The van der Waals surface area contributed by atoms with E-state index in [4.69, 9.17) is 0 Å².